The van der Waals surface area contributed by atoms with Crippen LogP contribution in [0.4, 0.5) is 0 Å². The van der Waals surface area contributed by atoms with Gasteiger partial charge in [-0.1, -0.05) is 12.2 Å². The van der Waals surface area contributed by atoms with Crippen molar-refractivity contribution in [2.45, 2.75) is 0 Å². The van der Waals surface area contributed by atoms with E-state index in [2.05, 4.69) is 45.8 Å². The molecule has 1 nitrogen and oxygen atoms in total. The first kappa shape index (κ1) is 7.61. The molecule has 0 saturated carbocycles. The molecule has 1 aliphatic rings. The van der Waals surface area contributed by atoms with E-state index in [0.717, 1.165) is 17.6 Å². The highest BCUT2D eigenvalue weighted by atomic mass is 79.9. The maximum absolute atomic E-state index is 3.67. The molecule has 0 amide bonds. The SMILES string of the molecule is C=CCN1C=C(Br)C=CC1. The summed E-state index contributed by atoms with van der Waals surface area (Å²) in [7, 11) is 0. The second-order valence-electron chi connectivity index (χ2n) is 2.16. The van der Waals surface area contributed by atoms with Crippen LogP contribution in [0.25, 0.3) is 0 Å². The summed E-state index contributed by atoms with van der Waals surface area (Å²) in [5, 5.41) is 0. The monoisotopic (exact) mass is 199 g/mol. The van der Waals surface area contributed by atoms with Crippen molar-refractivity contribution in [1.29, 1.82) is 0 Å². The van der Waals surface area contributed by atoms with E-state index in [-0.39, 0.29) is 0 Å². The molecule has 0 bridgehead atoms. The summed E-state index contributed by atoms with van der Waals surface area (Å²) < 4.78 is 1.13. The first-order valence-electron chi connectivity index (χ1n) is 3.22. The first-order valence-corrected chi connectivity index (χ1v) is 4.01. The average Bonchev–Trinajstić information content (AvgIpc) is 1.88. The van der Waals surface area contributed by atoms with Gasteiger partial charge in [-0.05, 0) is 22.0 Å². The third-order valence-electron chi connectivity index (χ3n) is 1.29. The van der Waals surface area contributed by atoms with Gasteiger partial charge in [0.05, 0.1) is 0 Å². The highest BCUT2D eigenvalue weighted by molar-refractivity contribution is 9.11. The third kappa shape index (κ3) is 2.03. The van der Waals surface area contributed by atoms with Crippen molar-refractivity contribution in [1.82, 2.24) is 4.90 Å². The fourth-order valence-electron chi connectivity index (χ4n) is 0.864. The zero-order valence-corrected chi connectivity index (χ0v) is 7.34. The van der Waals surface area contributed by atoms with Crippen LogP contribution in [0.5, 0.6) is 0 Å². The minimum absolute atomic E-state index is 0.916. The molecule has 0 atom stereocenters. The number of halogens is 1. The van der Waals surface area contributed by atoms with Gasteiger partial charge in [0.1, 0.15) is 0 Å². The van der Waals surface area contributed by atoms with Crippen molar-refractivity contribution in [2.24, 2.45) is 0 Å². The van der Waals surface area contributed by atoms with Crippen LogP contribution in [0.15, 0.2) is 35.5 Å². The molecule has 0 unspecified atom stereocenters. The molecule has 0 aromatic carbocycles. The van der Waals surface area contributed by atoms with Gasteiger partial charge in [0.15, 0.2) is 0 Å². The van der Waals surface area contributed by atoms with E-state index >= 15 is 0 Å². The lowest BCUT2D eigenvalue weighted by atomic mass is 10.3. The first-order chi connectivity index (χ1) is 4.83. The van der Waals surface area contributed by atoms with Crippen molar-refractivity contribution in [2.75, 3.05) is 13.1 Å². The standard InChI is InChI=1S/C8H10BrN/c1-2-5-10-6-3-4-8(9)7-10/h2-4,7H,1,5-6H2. The summed E-state index contributed by atoms with van der Waals surface area (Å²) in [6.07, 6.45) is 8.14. The Hall–Kier alpha value is -0.500. The zero-order valence-electron chi connectivity index (χ0n) is 5.76. The summed E-state index contributed by atoms with van der Waals surface area (Å²) in [6.45, 7) is 5.57. The Morgan fingerprint density at radius 1 is 1.80 bits per heavy atom. The van der Waals surface area contributed by atoms with Gasteiger partial charge < -0.3 is 4.90 Å². The molecule has 0 saturated heterocycles. The number of hydrogen-bond donors (Lipinski definition) is 0. The third-order valence-corrected chi connectivity index (χ3v) is 1.76. The molecule has 0 aromatic rings. The molecule has 0 radical (unpaired) electrons. The highest BCUT2D eigenvalue weighted by Gasteiger charge is 1.99. The largest absolute Gasteiger partial charge is 0.369 e. The van der Waals surface area contributed by atoms with E-state index < -0.39 is 0 Å². The van der Waals surface area contributed by atoms with E-state index in [1.54, 1.807) is 0 Å². The van der Waals surface area contributed by atoms with Crippen LogP contribution in [-0.4, -0.2) is 18.0 Å². The number of rotatable bonds is 2. The van der Waals surface area contributed by atoms with E-state index in [1.165, 1.54) is 0 Å². The molecule has 10 heavy (non-hydrogen) atoms. The Morgan fingerprint density at radius 2 is 2.60 bits per heavy atom. The van der Waals surface area contributed by atoms with Crippen LogP contribution < -0.4 is 0 Å². The average molecular weight is 200 g/mol. The number of hydrogen-bond acceptors (Lipinski definition) is 1. The zero-order chi connectivity index (χ0) is 7.40. The molecule has 0 spiro atoms. The summed E-state index contributed by atoms with van der Waals surface area (Å²) in [5.74, 6) is 0. The van der Waals surface area contributed by atoms with Crippen LogP contribution in [0.2, 0.25) is 0 Å². The molecular formula is C8H10BrN. The maximum Gasteiger partial charge on any atom is 0.0361 e. The maximum atomic E-state index is 3.67. The Morgan fingerprint density at radius 3 is 3.20 bits per heavy atom. The fourth-order valence-corrected chi connectivity index (χ4v) is 1.34. The van der Waals surface area contributed by atoms with E-state index in [9.17, 15) is 0 Å². The molecule has 0 fully saturated rings. The van der Waals surface area contributed by atoms with E-state index in [1.807, 2.05) is 6.08 Å². The predicted molar refractivity (Wildman–Crippen MR) is 47.9 cm³/mol. The lowest BCUT2D eigenvalue weighted by Gasteiger charge is -2.19. The van der Waals surface area contributed by atoms with Crippen molar-refractivity contribution in [3.8, 4) is 0 Å². The summed E-state index contributed by atoms with van der Waals surface area (Å²) in [4.78, 5) is 2.18. The molecular weight excluding hydrogens is 190 g/mol. The topological polar surface area (TPSA) is 3.24 Å². The molecule has 1 aliphatic heterocycles. The van der Waals surface area contributed by atoms with Gasteiger partial charge in [-0.2, -0.15) is 0 Å². The molecule has 0 N–H and O–H groups in total. The summed E-state index contributed by atoms with van der Waals surface area (Å²) in [5.41, 5.74) is 0. The van der Waals surface area contributed by atoms with Crippen molar-refractivity contribution >= 4 is 15.9 Å². The van der Waals surface area contributed by atoms with Gasteiger partial charge in [-0.25, -0.2) is 0 Å². The van der Waals surface area contributed by atoms with Gasteiger partial charge in [-0.15, -0.1) is 6.58 Å². The fraction of sp³-hybridized carbons (Fsp3) is 0.250. The van der Waals surface area contributed by atoms with Crippen molar-refractivity contribution in [3.63, 3.8) is 0 Å². The predicted octanol–water partition coefficient (Wildman–Crippen LogP) is 2.28. The Kier molecular flexibility index (Phi) is 2.75. The molecule has 54 valence electrons. The lowest BCUT2D eigenvalue weighted by molar-refractivity contribution is 0.457. The minimum atomic E-state index is 0.916. The number of allylic oxidation sites excluding steroid dienone is 2. The van der Waals surface area contributed by atoms with Gasteiger partial charge in [-0.3, -0.25) is 0 Å². The van der Waals surface area contributed by atoms with E-state index in [4.69, 9.17) is 0 Å². The molecule has 0 aromatic heterocycles. The van der Waals surface area contributed by atoms with Gasteiger partial charge in [0.25, 0.3) is 0 Å². The Labute approximate surface area is 69.8 Å². The minimum Gasteiger partial charge on any atom is -0.369 e. The number of nitrogens with zero attached hydrogens (tertiary/aromatic N) is 1. The van der Waals surface area contributed by atoms with E-state index in [0.29, 0.717) is 0 Å². The van der Waals surface area contributed by atoms with Gasteiger partial charge in [0.2, 0.25) is 0 Å². The van der Waals surface area contributed by atoms with Crippen LogP contribution in [-0.2, 0) is 0 Å². The summed E-state index contributed by atoms with van der Waals surface area (Å²) in [6, 6.07) is 0. The Balaban J connectivity index is 2.51. The van der Waals surface area contributed by atoms with Gasteiger partial charge in [0, 0.05) is 23.8 Å². The Bertz CT molecular complexity index is 180. The molecule has 1 heterocycles. The smallest absolute Gasteiger partial charge is 0.0361 e. The summed E-state index contributed by atoms with van der Waals surface area (Å²) >= 11 is 3.40. The van der Waals surface area contributed by atoms with Crippen LogP contribution in [0.3, 0.4) is 0 Å². The van der Waals surface area contributed by atoms with Crippen LogP contribution >= 0.6 is 15.9 Å². The normalized spacial score (nSPS) is 16.9. The second kappa shape index (κ2) is 3.62. The van der Waals surface area contributed by atoms with Gasteiger partial charge >= 0.3 is 0 Å². The van der Waals surface area contributed by atoms with Crippen LogP contribution in [0, 0.1) is 0 Å². The molecule has 0 aliphatic carbocycles. The quantitative estimate of drug-likeness (QED) is 0.618. The lowest BCUT2D eigenvalue weighted by Crippen LogP contribution is -2.19. The second-order valence-corrected chi connectivity index (χ2v) is 3.07. The van der Waals surface area contributed by atoms with Crippen molar-refractivity contribution in [3.05, 3.63) is 35.5 Å². The highest BCUT2D eigenvalue weighted by Crippen LogP contribution is 2.12. The molecule has 2 heteroatoms. The van der Waals surface area contributed by atoms with Crippen LogP contribution in [0.1, 0.15) is 0 Å². The van der Waals surface area contributed by atoms with Crippen molar-refractivity contribution < 1.29 is 0 Å². The molecule has 1 rings (SSSR count).